The van der Waals surface area contributed by atoms with Gasteiger partial charge in [0.1, 0.15) is 5.03 Å². The van der Waals surface area contributed by atoms with Crippen LogP contribution in [0.15, 0.2) is 34.7 Å². The van der Waals surface area contributed by atoms with Crippen LogP contribution >= 0.6 is 23.1 Å². The standard InChI is InChI=1S/C15H14N4OS2/c1-9-7-22-15(16-9)19-13(20)8-21-14-10(2)17-11-5-3-4-6-12(11)18-14/h3-7H,8H2,1-2H3,(H,16,19,20). The Morgan fingerprint density at radius 1 is 1.18 bits per heavy atom. The second kappa shape index (κ2) is 6.41. The second-order valence-corrected chi connectivity index (χ2v) is 6.56. The first-order chi connectivity index (χ1) is 10.6. The Hall–Kier alpha value is -1.99. The smallest absolute Gasteiger partial charge is 0.236 e. The number of anilines is 1. The van der Waals surface area contributed by atoms with Crippen LogP contribution in [0.1, 0.15) is 11.4 Å². The van der Waals surface area contributed by atoms with Crippen molar-refractivity contribution in [3.8, 4) is 0 Å². The number of carbonyl (C=O) groups is 1. The first kappa shape index (κ1) is 14.9. The minimum absolute atomic E-state index is 0.0892. The molecule has 0 aliphatic rings. The van der Waals surface area contributed by atoms with E-state index in [1.54, 1.807) is 0 Å². The minimum atomic E-state index is -0.0892. The molecule has 0 atom stereocenters. The zero-order valence-corrected chi connectivity index (χ0v) is 13.8. The topological polar surface area (TPSA) is 67.8 Å². The molecule has 0 radical (unpaired) electrons. The molecule has 0 aliphatic heterocycles. The zero-order chi connectivity index (χ0) is 15.5. The van der Waals surface area contributed by atoms with Gasteiger partial charge < -0.3 is 5.32 Å². The van der Waals surface area contributed by atoms with Gasteiger partial charge in [-0.2, -0.15) is 0 Å². The summed E-state index contributed by atoms with van der Waals surface area (Å²) in [4.78, 5) is 25.3. The van der Waals surface area contributed by atoms with Gasteiger partial charge in [-0.15, -0.1) is 11.3 Å². The fourth-order valence-electron chi connectivity index (χ4n) is 1.91. The molecule has 2 aromatic heterocycles. The summed E-state index contributed by atoms with van der Waals surface area (Å²) in [6.45, 7) is 3.80. The van der Waals surface area contributed by atoms with Gasteiger partial charge in [0, 0.05) is 5.38 Å². The van der Waals surface area contributed by atoms with Gasteiger partial charge in [0.05, 0.1) is 28.2 Å². The normalized spacial score (nSPS) is 10.8. The van der Waals surface area contributed by atoms with Crippen molar-refractivity contribution in [2.75, 3.05) is 11.1 Å². The number of amides is 1. The highest BCUT2D eigenvalue weighted by molar-refractivity contribution is 8.00. The van der Waals surface area contributed by atoms with E-state index < -0.39 is 0 Å². The van der Waals surface area contributed by atoms with Gasteiger partial charge in [-0.3, -0.25) is 4.79 Å². The van der Waals surface area contributed by atoms with Crippen molar-refractivity contribution in [2.24, 2.45) is 0 Å². The summed E-state index contributed by atoms with van der Waals surface area (Å²) < 4.78 is 0. The van der Waals surface area contributed by atoms with E-state index in [-0.39, 0.29) is 11.7 Å². The number of fused-ring (bicyclic) bond motifs is 1. The number of hydrogen-bond donors (Lipinski definition) is 1. The fraction of sp³-hybridized carbons (Fsp3) is 0.200. The van der Waals surface area contributed by atoms with Crippen LogP contribution in [0, 0.1) is 13.8 Å². The highest BCUT2D eigenvalue weighted by atomic mass is 32.2. The first-order valence-electron chi connectivity index (χ1n) is 6.70. The van der Waals surface area contributed by atoms with Crippen LogP contribution in [-0.4, -0.2) is 26.6 Å². The number of aromatic nitrogens is 3. The lowest BCUT2D eigenvalue weighted by Gasteiger charge is -2.06. The SMILES string of the molecule is Cc1csc(NC(=O)CSc2nc3ccccc3nc2C)n1. The maximum atomic E-state index is 12.0. The van der Waals surface area contributed by atoms with Crippen molar-refractivity contribution in [1.82, 2.24) is 15.0 Å². The number of thioether (sulfide) groups is 1. The van der Waals surface area contributed by atoms with E-state index in [1.165, 1.54) is 23.1 Å². The minimum Gasteiger partial charge on any atom is -0.301 e. The summed E-state index contributed by atoms with van der Waals surface area (Å²) in [7, 11) is 0. The molecule has 1 amide bonds. The molecule has 3 rings (SSSR count). The molecule has 2 heterocycles. The highest BCUT2D eigenvalue weighted by Gasteiger charge is 2.10. The third kappa shape index (κ3) is 3.42. The molecule has 112 valence electrons. The Kier molecular flexibility index (Phi) is 4.35. The van der Waals surface area contributed by atoms with E-state index in [0.29, 0.717) is 5.13 Å². The van der Waals surface area contributed by atoms with Gasteiger partial charge >= 0.3 is 0 Å². The molecule has 0 saturated carbocycles. The lowest BCUT2D eigenvalue weighted by molar-refractivity contribution is -0.113. The average Bonchev–Trinajstić information content (AvgIpc) is 2.90. The van der Waals surface area contributed by atoms with Gasteiger partial charge in [-0.05, 0) is 26.0 Å². The van der Waals surface area contributed by atoms with E-state index in [9.17, 15) is 4.79 Å². The predicted molar refractivity (Wildman–Crippen MR) is 90.5 cm³/mol. The van der Waals surface area contributed by atoms with Crippen molar-refractivity contribution in [3.63, 3.8) is 0 Å². The molecular weight excluding hydrogens is 316 g/mol. The van der Waals surface area contributed by atoms with Crippen LogP contribution < -0.4 is 5.32 Å². The Balaban J connectivity index is 1.68. The van der Waals surface area contributed by atoms with E-state index in [2.05, 4.69) is 20.3 Å². The molecule has 0 unspecified atom stereocenters. The molecule has 0 spiro atoms. The number of thiazole rings is 1. The number of hydrogen-bond acceptors (Lipinski definition) is 6. The monoisotopic (exact) mass is 330 g/mol. The number of nitrogens with one attached hydrogen (secondary N) is 1. The lowest BCUT2D eigenvalue weighted by atomic mass is 10.3. The largest absolute Gasteiger partial charge is 0.301 e. The first-order valence-corrected chi connectivity index (χ1v) is 8.56. The summed E-state index contributed by atoms with van der Waals surface area (Å²) in [6, 6.07) is 7.72. The average molecular weight is 330 g/mol. The van der Waals surface area contributed by atoms with Gasteiger partial charge in [0.25, 0.3) is 0 Å². The van der Waals surface area contributed by atoms with Crippen LogP contribution in [0.3, 0.4) is 0 Å². The number of nitrogens with zero attached hydrogens (tertiary/aromatic N) is 3. The molecule has 22 heavy (non-hydrogen) atoms. The zero-order valence-electron chi connectivity index (χ0n) is 12.2. The third-order valence-electron chi connectivity index (χ3n) is 2.91. The molecule has 1 aromatic carbocycles. The van der Waals surface area contributed by atoms with Crippen LogP contribution in [0.25, 0.3) is 11.0 Å². The van der Waals surface area contributed by atoms with Gasteiger partial charge in [0.2, 0.25) is 5.91 Å². The van der Waals surface area contributed by atoms with Crippen molar-refractivity contribution < 1.29 is 4.79 Å². The number of rotatable bonds is 4. The maximum Gasteiger partial charge on any atom is 0.236 e. The van der Waals surface area contributed by atoms with Crippen molar-refractivity contribution in [3.05, 3.63) is 41.0 Å². The lowest BCUT2D eigenvalue weighted by Crippen LogP contribution is -2.14. The summed E-state index contributed by atoms with van der Waals surface area (Å²) in [5.74, 6) is 0.195. The summed E-state index contributed by atoms with van der Waals surface area (Å²) >= 11 is 2.81. The van der Waals surface area contributed by atoms with Crippen LogP contribution in [-0.2, 0) is 4.79 Å². The highest BCUT2D eigenvalue weighted by Crippen LogP contribution is 2.22. The molecule has 0 fully saturated rings. The molecule has 3 aromatic rings. The van der Waals surface area contributed by atoms with E-state index in [1.807, 2.05) is 43.5 Å². The molecular formula is C15H14N4OS2. The van der Waals surface area contributed by atoms with Crippen LogP contribution in [0.5, 0.6) is 0 Å². The molecule has 0 aliphatic carbocycles. The summed E-state index contributed by atoms with van der Waals surface area (Å²) in [6.07, 6.45) is 0. The number of aryl methyl sites for hydroxylation is 2. The predicted octanol–water partition coefficient (Wildman–Crippen LogP) is 3.43. The van der Waals surface area contributed by atoms with Crippen molar-refractivity contribution in [2.45, 2.75) is 18.9 Å². The number of carbonyl (C=O) groups excluding carboxylic acids is 1. The Morgan fingerprint density at radius 2 is 1.91 bits per heavy atom. The fourth-order valence-corrected chi connectivity index (χ4v) is 3.37. The van der Waals surface area contributed by atoms with Gasteiger partial charge in [-0.25, -0.2) is 15.0 Å². The molecule has 0 bridgehead atoms. The third-order valence-corrected chi connectivity index (χ3v) is 4.85. The van der Waals surface area contributed by atoms with Crippen LogP contribution in [0.2, 0.25) is 0 Å². The molecule has 0 saturated heterocycles. The molecule has 7 heteroatoms. The Labute approximate surface area is 136 Å². The van der Waals surface area contributed by atoms with E-state index in [0.717, 1.165) is 27.4 Å². The maximum absolute atomic E-state index is 12.0. The Bertz CT molecular complexity index is 831. The quantitative estimate of drug-likeness (QED) is 0.742. The van der Waals surface area contributed by atoms with E-state index >= 15 is 0 Å². The van der Waals surface area contributed by atoms with Crippen molar-refractivity contribution >= 4 is 45.2 Å². The number of para-hydroxylation sites is 2. The summed E-state index contributed by atoms with van der Waals surface area (Å²) in [5.41, 5.74) is 3.45. The van der Waals surface area contributed by atoms with Gasteiger partial charge in [-0.1, -0.05) is 23.9 Å². The van der Waals surface area contributed by atoms with Gasteiger partial charge in [0.15, 0.2) is 5.13 Å². The number of benzene rings is 1. The molecule has 5 nitrogen and oxygen atoms in total. The van der Waals surface area contributed by atoms with E-state index in [4.69, 9.17) is 0 Å². The van der Waals surface area contributed by atoms with Crippen molar-refractivity contribution in [1.29, 1.82) is 0 Å². The molecule has 1 N–H and O–H groups in total. The Morgan fingerprint density at radius 3 is 2.59 bits per heavy atom. The second-order valence-electron chi connectivity index (χ2n) is 4.73. The summed E-state index contributed by atoms with van der Waals surface area (Å²) in [5, 5.41) is 6.10. The van der Waals surface area contributed by atoms with Crippen LogP contribution in [0.4, 0.5) is 5.13 Å².